The summed E-state index contributed by atoms with van der Waals surface area (Å²) in [7, 11) is 0. The quantitative estimate of drug-likeness (QED) is 0.169. The van der Waals surface area contributed by atoms with E-state index in [1.165, 1.54) is 11.6 Å². The van der Waals surface area contributed by atoms with Gasteiger partial charge < -0.3 is 10.2 Å². The van der Waals surface area contributed by atoms with E-state index in [2.05, 4.69) is 20.4 Å². The smallest absolute Gasteiger partial charge is 0.245 e. The van der Waals surface area contributed by atoms with E-state index in [4.69, 9.17) is 4.31 Å². The van der Waals surface area contributed by atoms with Gasteiger partial charge in [0.2, 0.25) is 11.8 Å². The molecule has 9 nitrogen and oxygen atoms in total. The first-order valence-electron chi connectivity index (χ1n) is 13.3. The molecule has 3 aliphatic rings. The second-order valence-corrected chi connectivity index (χ2v) is 15.7. The van der Waals surface area contributed by atoms with Gasteiger partial charge in [-0.25, -0.2) is 14.4 Å². The summed E-state index contributed by atoms with van der Waals surface area (Å²) in [6, 6.07) is 4.87. The number of fused-ring (bicyclic) bond motifs is 2. The first-order valence-corrected chi connectivity index (χ1v) is 17.0. The van der Waals surface area contributed by atoms with Crippen molar-refractivity contribution in [2.45, 2.75) is 60.6 Å². The molecule has 2 saturated heterocycles. The number of benzene rings is 1. The molecule has 11 heteroatoms. The van der Waals surface area contributed by atoms with Crippen molar-refractivity contribution in [2.24, 2.45) is 5.92 Å². The highest BCUT2D eigenvalue weighted by Crippen LogP contribution is 2.64. The number of allylic oxidation sites excluding steroid dienone is 1. The van der Waals surface area contributed by atoms with Crippen LogP contribution in [-0.4, -0.2) is 62.8 Å². The van der Waals surface area contributed by atoms with Crippen molar-refractivity contribution in [1.29, 1.82) is 0 Å². The van der Waals surface area contributed by atoms with Gasteiger partial charge in [0.1, 0.15) is 29.9 Å². The van der Waals surface area contributed by atoms with Gasteiger partial charge in [0, 0.05) is 34.2 Å². The zero-order chi connectivity index (χ0) is 28.3. The second kappa shape index (κ2) is 10.2. The summed E-state index contributed by atoms with van der Waals surface area (Å²) in [5, 5.41) is 7.82. The second-order valence-electron chi connectivity index (χ2n) is 10.7. The van der Waals surface area contributed by atoms with Crippen molar-refractivity contribution < 1.29 is 18.8 Å². The van der Waals surface area contributed by atoms with Crippen LogP contribution in [0.1, 0.15) is 49.4 Å². The van der Waals surface area contributed by atoms with Crippen LogP contribution < -0.4 is 5.32 Å². The topological polar surface area (TPSA) is 110 Å². The van der Waals surface area contributed by atoms with E-state index in [9.17, 15) is 18.8 Å². The van der Waals surface area contributed by atoms with Gasteiger partial charge >= 0.3 is 0 Å². The molecule has 40 heavy (non-hydrogen) atoms. The molecule has 208 valence electrons. The number of hydrogen-bond donors (Lipinski definition) is 1. The van der Waals surface area contributed by atoms with Gasteiger partial charge in [-0.05, 0) is 62.3 Å². The Morgan fingerprint density at radius 2 is 1.88 bits per heavy atom. The summed E-state index contributed by atoms with van der Waals surface area (Å²) in [4.78, 5) is 49.4. The highest BCUT2D eigenvalue weighted by molar-refractivity contribution is 14.2. The van der Waals surface area contributed by atoms with Gasteiger partial charge in [-0.2, -0.15) is 5.10 Å². The lowest BCUT2D eigenvalue weighted by molar-refractivity contribution is -0.139. The molecule has 3 aromatic rings. The number of carbonyl (C=O) groups excluding carboxylic acids is 3. The summed E-state index contributed by atoms with van der Waals surface area (Å²) >= 11 is -1.82. The number of alkyl halides is 2. The molecular formula is C29H30FIN6O3. The molecule has 3 atom stereocenters. The van der Waals surface area contributed by atoms with Crippen LogP contribution in [0.2, 0.25) is 0 Å². The Labute approximate surface area is 237 Å². The summed E-state index contributed by atoms with van der Waals surface area (Å²) < 4.78 is 22.5. The Morgan fingerprint density at radius 1 is 1.15 bits per heavy atom. The highest BCUT2D eigenvalue weighted by atomic mass is 127. The number of nitrogens with one attached hydrogen (secondary N) is 1. The fourth-order valence-electron chi connectivity index (χ4n) is 5.44. The van der Waals surface area contributed by atoms with Gasteiger partial charge in [0.25, 0.3) is 0 Å². The lowest BCUT2D eigenvalue weighted by Gasteiger charge is -2.26. The first kappa shape index (κ1) is 26.8. The number of aryl methyl sites for hydroxylation is 1. The van der Waals surface area contributed by atoms with Gasteiger partial charge in [-0.15, -0.1) is 23.5 Å². The van der Waals surface area contributed by atoms with Crippen molar-refractivity contribution >= 4 is 47.6 Å². The molecule has 1 aromatic carbocycles. The van der Waals surface area contributed by atoms with Crippen LogP contribution in [0.3, 0.4) is 0 Å². The van der Waals surface area contributed by atoms with E-state index in [0.29, 0.717) is 28.7 Å². The lowest BCUT2D eigenvalue weighted by Crippen LogP contribution is -2.48. The molecule has 2 aliphatic heterocycles. The normalized spacial score (nSPS) is 22.7. The molecule has 4 heterocycles. The molecule has 0 unspecified atom stereocenters. The predicted octanol–water partition coefficient (Wildman–Crippen LogP) is 4.18. The minimum Gasteiger partial charge on any atom is -0.348 e. The first-order chi connectivity index (χ1) is 19.1. The van der Waals surface area contributed by atoms with Gasteiger partial charge in [0.05, 0.1) is 16.1 Å². The summed E-state index contributed by atoms with van der Waals surface area (Å²) in [6.07, 6.45) is 5.92. The number of carbonyl (C=O) groups is 3. The van der Waals surface area contributed by atoms with Crippen molar-refractivity contribution in [1.82, 2.24) is 30.0 Å². The van der Waals surface area contributed by atoms with Crippen LogP contribution in [0, 0.1) is 17.2 Å². The van der Waals surface area contributed by atoms with Crippen LogP contribution in [0.15, 0.2) is 42.0 Å². The van der Waals surface area contributed by atoms with Crippen LogP contribution in [0.25, 0.3) is 22.0 Å². The van der Waals surface area contributed by atoms with Crippen molar-refractivity contribution in [3.63, 3.8) is 0 Å². The maximum atomic E-state index is 14.5. The number of nitrogens with zero attached hydrogens (tertiary/aromatic N) is 5. The monoisotopic (exact) mass is 656 g/mol. The lowest BCUT2D eigenvalue weighted by atomic mass is 10.0. The van der Waals surface area contributed by atoms with Gasteiger partial charge in [0.15, 0.2) is 5.78 Å². The standard InChI is InChI=1S/C29H30FIN6O3/c1-15(18-5-6-18)22(30)13-34-29(40)25-10-23-28(31(23)4)37(25)26(39)14-36-24-8-7-19(20-11-32-17(3)33-12-20)9-21(24)27(35-36)16(2)38/h4,7-9,11-12,18,23,25,28H,5-6,10,13-14H2,1-3H3,(H,34,40)/b22-15+/t23-,25+,28+/m1/s1. The van der Waals surface area contributed by atoms with Crippen molar-refractivity contribution in [3.05, 3.63) is 53.5 Å². The number of Topliss-reactive ketones (excluding diaryl/α,β-unsaturated/α-hetero) is 1. The van der Waals surface area contributed by atoms with Crippen molar-refractivity contribution in [3.8, 4) is 15.4 Å². The van der Waals surface area contributed by atoms with Crippen LogP contribution in [0.4, 0.5) is 4.39 Å². The molecule has 1 N–H and O–H groups in total. The Balaban J connectivity index is 1.24. The molecular weight excluding hydrogens is 626 g/mol. The molecule has 2 amide bonds. The Bertz CT molecular complexity index is 1670. The van der Waals surface area contributed by atoms with E-state index in [1.54, 1.807) is 31.1 Å². The van der Waals surface area contributed by atoms with E-state index in [1.807, 2.05) is 18.2 Å². The molecule has 3 fully saturated rings. The number of rotatable bonds is 8. The molecule has 1 aliphatic carbocycles. The zero-order valence-electron chi connectivity index (χ0n) is 22.5. The number of ketones is 1. The summed E-state index contributed by atoms with van der Waals surface area (Å²) in [5.74, 6) is -0.224. The maximum absolute atomic E-state index is 14.5. The molecule has 0 spiro atoms. The SMILES string of the molecule is C#I1[C@@H]2C[C@@H](C(=O)NC/C(F)=C(/C)C3CC3)N(C(=O)Cn3nc(C(C)=O)c4cc(-c5cnc(C)nc5)ccc43)[C@@H]21. The zero-order valence-corrected chi connectivity index (χ0v) is 24.7. The number of halogens is 2. The van der Waals surface area contributed by atoms with E-state index < -0.39 is 25.2 Å². The van der Waals surface area contributed by atoms with E-state index in [-0.39, 0.29) is 56.1 Å². The molecule has 6 rings (SSSR count). The third-order valence-electron chi connectivity index (χ3n) is 7.97. The fraction of sp³-hybridized carbons (Fsp3) is 0.414. The molecule has 0 radical (unpaired) electrons. The average molecular weight is 657 g/mol. The fourth-order valence-corrected chi connectivity index (χ4v) is 10.9. The maximum Gasteiger partial charge on any atom is 0.245 e. The summed E-state index contributed by atoms with van der Waals surface area (Å²) in [5.41, 5.74) is 3.22. The Kier molecular flexibility index (Phi) is 6.82. The van der Waals surface area contributed by atoms with Crippen LogP contribution in [-0.2, 0) is 16.1 Å². The van der Waals surface area contributed by atoms with E-state index >= 15 is 0 Å². The molecule has 1 saturated carbocycles. The Morgan fingerprint density at radius 3 is 2.55 bits per heavy atom. The number of hydrogen-bond acceptors (Lipinski definition) is 6. The number of aromatic nitrogens is 4. The third kappa shape index (κ3) is 4.85. The minimum atomic E-state index is -1.82. The minimum absolute atomic E-state index is 0.0803. The van der Waals surface area contributed by atoms with Crippen LogP contribution >= 0.6 is 19.1 Å². The van der Waals surface area contributed by atoms with Crippen molar-refractivity contribution in [2.75, 3.05) is 6.54 Å². The number of amides is 2. The third-order valence-corrected chi connectivity index (χ3v) is 13.1. The highest BCUT2D eigenvalue weighted by Gasteiger charge is 2.58. The average Bonchev–Trinajstić information content (AvgIpc) is 3.81. The molecule has 2 aromatic heterocycles. The molecule has 0 bridgehead atoms. The van der Waals surface area contributed by atoms with Crippen LogP contribution in [0.5, 0.6) is 0 Å². The van der Waals surface area contributed by atoms with E-state index in [0.717, 1.165) is 24.0 Å². The summed E-state index contributed by atoms with van der Waals surface area (Å²) in [6.45, 7) is 4.71. The predicted molar refractivity (Wildman–Crippen MR) is 157 cm³/mol. The number of likely N-dealkylation sites (tertiary alicyclic amines) is 1. The van der Waals surface area contributed by atoms with Gasteiger partial charge in [-0.1, -0.05) is 6.07 Å². The Hall–Kier alpha value is -3.44. The largest absolute Gasteiger partial charge is 0.348 e. The van der Waals surface area contributed by atoms with Gasteiger partial charge in [-0.3, -0.25) is 19.1 Å².